The lowest BCUT2D eigenvalue weighted by Crippen LogP contribution is -2.64. The van der Waals surface area contributed by atoms with Crippen molar-refractivity contribution in [1.82, 2.24) is 0 Å². The smallest absolute Gasteiger partial charge is 0.346 e. The van der Waals surface area contributed by atoms with E-state index in [2.05, 4.69) is 96.9 Å². The lowest BCUT2D eigenvalue weighted by Gasteiger charge is -2.51. The van der Waals surface area contributed by atoms with Crippen molar-refractivity contribution in [2.75, 3.05) is 0 Å². The lowest BCUT2D eigenvalue weighted by atomic mass is 10.2. The first-order chi connectivity index (χ1) is 11.9. The monoisotopic (exact) mass is 420 g/mol. The fourth-order valence-electron chi connectivity index (χ4n) is 3.29. The van der Waals surface area contributed by atoms with E-state index >= 15 is 0 Å². The first-order valence-electron chi connectivity index (χ1n) is 10.6. The van der Waals surface area contributed by atoms with Gasteiger partial charge in [-0.3, -0.25) is 0 Å². The maximum atomic E-state index is 6.72. The Bertz CT molecular complexity index is 374. The third-order valence-corrected chi connectivity index (χ3v) is 16.2. The van der Waals surface area contributed by atoms with Crippen molar-refractivity contribution in [3.05, 3.63) is 0 Å². The van der Waals surface area contributed by atoms with Gasteiger partial charge in [0.05, 0.1) is 0 Å². The fraction of sp³-hybridized carbons (Fsp3) is 1.00. The van der Waals surface area contributed by atoms with Crippen molar-refractivity contribution in [3.63, 3.8) is 0 Å². The molecule has 27 heavy (non-hydrogen) atoms. The predicted molar refractivity (Wildman–Crippen MR) is 121 cm³/mol. The molecule has 0 heterocycles. The fourth-order valence-corrected chi connectivity index (χ4v) is 15.9. The van der Waals surface area contributed by atoms with Crippen LogP contribution in [0.2, 0.25) is 15.7 Å². The maximum absolute atomic E-state index is 6.72. The van der Waals surface area contributed by atoms with Crippen LogP contribution in [0.1, 0.15) is 96.9 Å². The minimum absolute atomic E-state index is 0.0967. The highest BCUT2D eigenvalue weighted by atomic mass is 28.4. The van der Waals surface area contributed by atoms with Gasteiger partial charge in [0.25, 0.3) is 0 Å². The van der Waals surface area contributed by atoms with Crippen molar-refractivity contribution in [2.24, 2.45) is 0 Å². The summed E-state index contributed by atoms with van der Waals surface area (Å²) >= 11 is 0. The molecule has 0 N–H and O–H groups in total. The molecule has 6 heteroatoms. The van der Waals surface area contributed by atoms with Crippen molar-refractivity contribution in [3.8, 4) is 0 Å². The highest BCUT2D eigenvalue weighted by molar-refractivity contribution is 6.88. The van der Waals surface area contributed by atoms with E-state index in [1.54, 1.807) is 0 Å². The minimum atomic E-state index is -2.69. The topological polar surface area (TPSA) is 36.9 Å². The highest BCUT2D eigenvalue weighted by Gasteiger charge is 2.62. The van der Waals surface area contributed by atoms with E-state index in [1.807, 2.05) is 0 Å². The molecule has 0 aliphatic rings. The van der Waals surface area contributed by atoms with Crippen molar-refractivity contribution < 1.29 is 17.7 Å². The Morgan fingerprint density at radius 3 is 0.778 bits per heavy atom. The second-order valence-electron chi connectivity index (χ2n) is 10.8. The van der Waals surface area contributed by atoms with Gasteiger partial charge in [0, 0.05) is 40.2 Å². The Balaban J connectivity index is 6.54. The second kappa shape index (κ2) is 9.85. The van der Waals surface area contributed by atoms with Crippen LogP contribution in [0.5, 0.6) is 0 Å². The lowest BCUT2D eigenvalue weighted by molar-refractivity contribution is 0.0692. The summed E-state index contributed by atoms with van der Waals surface area (Å²) in [6, 6.07) is 0. The van der Waals surface area contributed by atoms with E-state index < -0.39 is 17.1 Å². The molecule has 0 saturated heterocycles. The van der Waals surface area contributed by atoms with Crippen LogP contribution in [-0.2, 0) is 17.7 Å². The average Bonchev–Trinajstić information content (AvgIpc) is 2.31. The van der Waals surface area contributed by atoms with Crippen molar-refractivity contribution in [1.29, 1.82) is 0 Å². The van der Waals surface area contributed by atoms with Gasteiger partial charge in [0.15, 0.2) is 0 Å². The van der Waals surface area contributed by atoms with Crippen LogP contribution < -0.4 is 0 Å². The van der Waals surface area contributed by atoms with Crippen LogP contribution in [0.4, 0.5) is 0 Å². The Kier molecular flexibility index (Phi) is 9.95. The standard InChI is InChI=1S/C21H48O4Si2/c1-16(2)22-26(20(9,10)11,23-17(3)4)15-27(21(12,13)14,24-18(5)6)25-19(7)8/h16-19H,15H2,1-14H3. The Morgan fingerprint density at radius 1 is 0.481 bits per heavy atom. The summed E-state index contributed by atoms with van der Waals surface area (Å²) in [7, 11) is -5.38. The van der Waals surface area contributed by atoms with E-state index in [0.29, 0.717) is 0 Å². The average molecular weight is 421 g/mol. The molecule has 0 aromatic heterocycles. The van der Waals surface area contributed by atoms with Crippen LogP contribution in [0.3, 0.4) is 0 Å². The minimum Gasteiger partial charge on any atom is -0.391 e. The van der Waals surface area contributed by atoms with Crippen molar-refractivity contribution in [2.45, 2.75) is 137 Å². The molecular weight excluding hydrogens is 372 g/mol. The Labute approximate surface area is 172 Å². The number of hydrogen-bond donors (Lipinski definition) is 0. The van der Waals surface area contributed by atoms with Crippen LogP contribution in [0, 0.1) is 0 Å². The molecule has 0 amide bonds. The van der Waals surface area contributed by atoms with E-state index in [1.165, 1.54) is 0 Å². The van der Waals surface area contributed by atoms with Crippen LogP contribution in [0.15, 0.2) is 0 Å². The van der Waals surface area contributed by atoms with Crippen LogP contribution >= 0.6 is 0 Å². The second-order valence-corrected chi connectivity index (χ2v) is 19.2. The molecule has 0 bridgehead atoms. The van der Waals surface area contributed by atoms with Gasteiger partial charge in [0.2, 0.25) is 0 Å². The largest absolute Gasteiger partial charge is 0.391 e. The molecule has 0 atom stereocenters. The Hall–Kier alpha value is 0.274. The summed E-state index contributed by atoms with van der Waals surface area (Å²) in [5.41, 5.74) is 0.764. The highest BCUT2D eigenvalue weighted by Crippen LogP contribution is 2.51. The summed E-state index contributed by atoms with van der Waals surface area (Å²) in [5.74, 6) is 0. The number of hydrogen-bond acceptors (Lipinski definition) is 4. The van der Waals surface area contributed by atoms with E-state index in [-0.39, 0.29) is 34.5 Å². The third kappa shape index (κ3) is 7.90. The first-order valence-corrected chi connectivity index (χ1v) is 14.6. The number of rotatable bonds is 10. The SMILES string of the molecule is CC(C)O[Si](C[Si](OC(C)C)(OC(C)C)C(C)(C)C)(OC(C)C)C(C)(C)C. The molecule has 0 saturated carbocycles. The molecule has 0 radical (unpaired) electrons. The summed E-state index contributed by atoms with van der Waals surface area (Å²) in [4.78, 5) is 0. The normalized spacial score (nSPS) is 14.9. The molecule has 164 valence electrons. The third-order valence-electron chi connectivity index (χ3n) is 4.46. The molecule has 0 aliphatic carbocycles. The molecule has 4 nitrogen and oxygen atoms in total. The molecular formula is C21H48O4Si2. The van der Waals surface area contributed by atoms with E-state index in [0.717, 1.165) is 5.67 Å². The molecule has 0 unspecified atom stereocenters. The molecule has 0 aliphatic heterocycles. The van der Waals surface area contributed by atoms with E-state index in [4.69, 9.17) is 17.7 Å². The predicted octanol–water partition coefficient (Wildman–Crippen LogP) is 6.71. The summed E-state index contributed by atoms with van der Waals surface area (Å²) in [5, 5.41) is -0.211. The van der Waals surface area contributed by atoms with Gasteiger partial charge in [-0.15, -0.1) is 0 Å². The van der Waals surface area contributed by atoms with Gasteiger partial charge in [-0.1, -0.05) is 41.5 Å². The maximum Gasteiger partial charge on any atom is 0.346 e. The van der Waals surface area contributed by atoms with Crippen LogP contribution in [0.25, 0.3) is 0 Å². The Morgan fingerprint density at radius 2 is 0.667 bits per heavy atom. The summed E-state index contributed by atoms with van der Waals surface area (Å²) in [6.45, 7) is 30.3. The first kappa shape index (κ1) is 27.3. The summed E-state index contributed by atoms with van der Waals surface area (Å²) < 4.78 is 26.9. The van der Waals surface area contributed by atoms with Gasteiger partial charge in [0.1, 0.15) is 0 Å². The van der Waals surface area contributed by atoms with Gasteiger partial charge >= 0.3 is 17.1 Å². The van der Waals surface area contributed by atoms with Crippen LogP contribution in [-0.4, -0.2) is 41.5 Å². The van der Waals surface area contributed by atoms with Crippen molar-refractivity contribution >= 4 is 17.1 Å². The zero-order valence-electron chi connectivity index (χ0n) is 20.6. The zero-order valence-corrected chi connectivity index (χ0v) is 22.6. The van der Waals surface area contributed by atoms with Gasteiger partial charge < -0.3 is 17.7 Å². The summed E-state index contributed by atoms with van der Waals surface area (Å²) in [6.07, 6.45) is 0.387. The molecule has 0 rings (SSSR count). The quantitative estimate of drug-likeness (QED) is 0.368. The molecule has 0 aromatic rings. The molecule has 0 fully saturated rings. The van der Waals surface area contributed by atoms with Gasteiger partial charge in [-0.2, -0.15) is 0 Å². The van der Waals surface area contributed by atoms with E-state index in [9.17, 15) is 0 Å². The molecule has 0 spiro atoms. The molecule has 0 aromatic carbocycles. The van der Waals surface area contributed by atoms with Gasteiger partial charge in [-0.25, -0.2) is 0 Å². The van der Waals surface area contributed by atoms with Gasteiger partial charge in [-0.05, 0) is 55.4 Å². The zero-order chi connectivity index (χ0) is 21.8.